The minimum atomic E-state index is -4.02. The Labute approximate surface area is 109 Å². The number of amides is 1. The van der Waals surface area contributed by atoms with Gasteiger partial charge in [0.1, 0.15) is 0 Å². The molecule has 1 rings (SSSR count). The average molecular weight is 294 g/mol. The summed E-state index contributed by atoms with van der Waals surface area (Å²) in [6, 6.07) is 1.68. The molecule has 3 N–H and O–H groups in total. The summed E-state index contributed by atoms with van der Waals surface area (Å²) in [6.45, 7) is 1.39. The van der Waals surface area contributed by atoms with Crippen molar-refractivity contribution in [1.82, 2.24) is 9.44 Å². The molecule has 1 aromatic heterocycles. The van der Waals surface area contributed by atoms with Gasteiger partial charge in [-0.15, -0.1) is 0 Å². The van der Waals surface area contributed by atoms with E-state index in [0.29, 0.717) is 5.56 Å². The quantitative estimate of drug-likeness (QED) is 0.702. The van der Waals surface area contributed by atoms with Gasteiger partial charge >= 0.3 is 16.3 Å². The topological polar surface area (TPSA) is 105 Å². The van der Waals surface area contributed by atoms with Gasteiger partial charge in [-0.05, 0) is 29.3 Å². The minimum Gasteiger partial charge on any atom is -0.449 e. The molecule has 1 aromatic rings. The molecule has 0 spiro atoms. The van der Waals surface area contributed by atoms with Gasteiger partial charge in [0.05, 0.1) is 12.7 Å². The van der Waals surface area contributed by atoms with Crippen LogP contribution < -0.4 is 9.44 Å². The summed E-state index contributed by atoms with van der Waals surface area (Å²) >= 11 is 1.39. The molecule has 9 heteroatoms. The first kappa shape index (κ1) is 14.9. The number of hydrogen-bond donors (Lipinski definition) is 3. The second-order valence-electron chi connectivity index (χ2n) is 3.25. The zero-order chi connectivity index (χ0) is 13.6. The first-order valence-corrected chi connectivity index (χ1v) is 7.51. The lowest BCUT2D eigenvalue weighted by Gasteiger charge is -2.11. The van der Waals surface area contributed by atoms with Crippen LogP contribution in [0.4, 0.5) is 4.79 Å². The summed E-state index contributed by atoms with van der Waals surface area (Å²) in [6.07, 6.45) is -2.02. The van der Waals surface area contributed by atoms with Crippen LogP contribution in [-0.2, 0) is 14.9 Å². The fourth-order valence-electron chi connectivity index (χ4n) is 1.08. The van der Waals surface area contributed by atoms with Gasteiger partial charge in [0.2, 0.25) is 0 Å². The number of carbonyl (C=O) groups is 1. The van der Waals surface area contributed by atoms with Crippen molar-refractivity contribution in [3.63, 3.8) is 0 Å². The molecule has 0 radical (unpaired) electrons. The Hall–Kier alpha value is -1.16. The largest absolute Gasteiger partial charge is 0.449 e. The molecule has 7 nitrogen and oxygen atoms in total. The van der Waals surface area contributed by atoms with Crippen LogP contribution in [0.5, 0.6) is 0 Å². The van der Waals surface area contributed by atoms with Gasteiger partial charge in [-0.2, -0.15) is 24.5 Å². The standard InChI is InChI=1S/C9H14N2O5S2/c1-2-16-9(13)11-18(14,15)10-5-8(12)7-3-4-17-6-7/h3-4,6,8,10,12H,2,5H2,1H3,(H,11,13). The zero-order valence-corrected chi connectivity index (χ0v) is 11.3. The molecule has 0 bridgehead atoms. The number of ether oxygens (including phenoxy) is 1. The van der Waals surface area contributed by atoms with E-state index in [1.54, 1.807) is 28.5 Å². The van der Waals surface area contributed by atoms with Crippen molar-refractivity contribution in [2.75, 3.05) is 13.2 Å². The van der Waals surface area contributed by atoms with Crippen LogP contribution in [-0.4, -0.2) is 32.8 Å². The van der Waals surface area contributed by atoms with Crippen molar-refractivity contribution >= 4 is 27.6 Å². The van der Waals surface area contributed by atoms with Gasteiger partial charge in [-0.1, -0.05) is 0 Å². The van der Waals surface area contributed by atoms with E-state index in [0.717, 1.165) is 0 Å². The van der Waals surface area contributed by atoms with Gasteiger partial charge in [0.15, 0.2) is 0 Å². The zero-order valence-electron chi connectivity index (χ0n) is 9.62. The van der Waals surface area contributed by atoms with E-state index in [1.165, 1.54) is 11.3 Å². The van der Waals surface area contributed by atoms with E-state index in [-0.39, 0.29) is 13.2 Å². The Bertz CT molecular complexity index is 471. The van der Waals surface area contributed by atoms with Crippen molar-refractivity contribution in [2.45, 2.75) is 13.0 Å². The summed E-state index contributed by atoms with van der Waals surface area (Å²) < 4.78 is 30.8. The number of rotatable bonds is 6. The molecule has 0 aliphatic rings. The number of nitrogens with one attached hydrogen (secondary N) is 2. The maximum absolute atomic E-state index is 11.4. The normalized spacial score (nSPS) is 13.0. The SMILES string of the molecule is CCOC(=O)NS(=O)(=O)NCC(O)c1ccsc1. The van der Waals surface area contributed by atoms with Crippen molar-refractivity contribution in [3.8, 4) is 0 Å². The molecule has 1 amide bonds. The first-order chi connectivity index (χ1) is 8.44. The lowest BCUT2D eigenvalue weighted by atomic mass is 10.2. The van der Waals surface area contributed by atoms with E-state index < -0.39 is 22.4 Å². The fourth-order valence-corrected chi connectivity index (χ4v) is 2.51. The summed E-state index contributed by atoms with van der Waals surface area (Å²) in [5, 5.41) is 13.1. The minimum absolute atomic E-state index is 0.0683. The highest BCUT2D eigenvalue weighted by Gasteiger charge is 2.17. The monoisotopic (exact) mass is 294 g/mol. The van der Waals surface area contributed by atoms with Gasteiger partial charge in [-0.25, -0.2) is 9.52 Å². The first-order valence-electron chi connectivity index (χ1n) is 5.09. The highest BCUT2D eigenvalue weighted by Crippen LogP contribution is 2.15. The summed E-state index contributed by atoms with van der Waals surface area (Å²) in [4.78, 5) is 10.9. The Morgan fingerprint density at radius 3 is 2.89 bits per heavy atom. The lowest BCUT2D eigenvalue weighted by molar-refractivity contribution is 0.158. The van der Waals surface area contributed by atoms with Crippen LogP contribution in [0.25, 0.3) is 0 Å². The van der Waals surface area contributed by atoms with E-state index in [1.807, 2.05) is 0 Å². The third-order valence-corrected chi connectivity index (χ3v) is 3.57. The van der Waals surface area contributed by atoms with Crippen molar-refractivity contribution in [2.24, 2.45) is 0 Å². The molecular formula is C9H14N2O5S2. The molecular weight excluding hydrogens is 280 g/mol. The molecule has 0 fully saturated rings. The summed E-state index contributed by atoms with van der Waals surface area (Å²) in [7, 11) is -4.02. The third kappa shape index (κ3) is 5.00. The van der Waals surface area contributed by atoms with Crippen molar-refractivity contribution in [3.05, 3.63) is 22.4 Å². The van der Waals surface area contributed by atoms with Crippen LogP contribution in [0, 0.1) is 0 Å². The van der Waals surface area contributed by atoms with Crippen LogP contribution in [0.15, 0.2) is 16.8 Å². The Morgan fingerprint density at radius 2 is 2.33 bits per heavy atom. The molecule has 1 unspecified atom stereocenters. The van der Waals surface area contributed by atoms with Gasteiger partial charge in [-0.3, -0.25) is 0 Å². The third-order valence-electron chi connectivity index (χ3n) is 1.89. The van der Waals surface area contributed by atoms with Gasteiger partial charge in [0, 0.05) is 6.54 Å². The molecule has 1 heterocycles. The van der Waals surface area contributed by atoms with E-state index in [9.17, 15) is 18.3 Å². The summed E-state index contributed by atoms with van der Waals surface area (Å²) in [5.74, 6) is 0. The second kappa shape index (κ2) is 6.69. The average Bonchev–Trinajstić information content (AvgIpc) is 2.79. The molecule has 0 aliphatic carbocycles. The van der Waals surface area contributed by atoms with Crippen molar-refractivity contribution in [1.29, 1.82) is 0 Å². The van der Waals surface area contributed by atoms with Crippen LogP contribution >= 0.6 is 11.3 Å². The Kier molecular flexibility index (Phi) is 5.54. The highest BCUT2D eigenvalue weighted by atomic mass is 32.2. The second-order valence-corrected chi connectivity index (χ2v) is 5.53. The van der Waals surface area contributed by atoms with Gasteiger partial charge < -0.3 is 9.84 Å². The maximum Gasteiger partial charge on any atom is 0.421 e. The molecule has 1 atom stereocenters. The molecule has 0 saturated carbocycles. The molecule has 18 heavy (non-hydrogen) atoms. The molecule has 102 valence electrons. The van der Waals surface area contributed by atoms with E-state index in [2.05, 4.69) is 9.46 Å². The number of thiophene rings is 1. The lowest BCUT2D eigenvalue weighted by Crippen LogP contribution is -2.42. The molecule has 0 aromatic carbocycles. The van der Waals surface area contributed by atoms with E-state index in [4.69, 9.17) is 0 Å². The van der Waals surface area contributed by atoms with Crippen molar-refractivity contribution < 1.29 is 23.1 Å². The van der Waals surface area contributed by atoms with E-state index >= 15 is 0 Å². The van der Waals surface area contributed by atoms with Gasteiger partial charge in [0.25, 0.3) is 0 Å². The molecule has 0 aliphatic heterocycles. The fraction of sp³-hybridized carbons (Fsp3) is 0.444. The number of aliphatic hydroxyl groups excluding tert-OH is 1. The maximum atomic E-state index is 11.4. The predicted octanol–water partition coefficient (Wildman–Crippen LogP) is 0.362. The van der Waals surface area contributed by atoms with Crippen LogP contribution in [0.2, 0.25) is 0 Å². The van der Waals surface area contributed by atoms with Crippen LogP contribution in [0.3, 0.4) is 0 Å². The number of carbonyl (C=O) groups excluding carboxylic acids is 1. The smallest absolute Gasteiger partial charge is 0.421 e. The summed E-state index contributed by atoms with van der Waals surface area (Å²) in [5.41, 5.74) is 0.610. The van der Waals surface area contributed by atoms with Crippen LogP contribution in [0.1, 0.15) is 18.6 Å². The Balaban J connectivity index is 2.44. The highest BCUT2D eigenvalue weighted by molar-refractivity contribution is 7.88. The Morgan fingerprint density at radius 1 is 1.61 bits per heavy atom. The molecule has 0 saturated heterocycles. The number of hydrogen-bond acceptors (Lipinski definition) is 6. The number of aliphatic hydroxyl groups is 1. The predicted molar refractivity (Wildman–Crippen MR) is 66.4 cm³/mol.